The number of amides is 1. The zero-order valence-electron chi connectivity index (χ0n) is 11.9. The predicted molar refractivity (Wildman–Crippen MR) is 80.7 cm³/mol. The van der Waals surface area contributed by atoms with Gasteiger partial charge in [0.25, 0.3) is 0 Å². The molecule has 0 bridgehead atoms. The van der Waals surface area contributed by atoms with Crippen molar-refractivity contribution in [2.24, 2.45) is 0 Å². The zero-order valence-corrected chi connectivity index (χ0v) is 13.6. The van der Waals surface area contributed by atoms with Crippen LogP contribution in [0.2, 0.25) is 0 Å². The maximum Gasteiger partial charge on any atom is 0.250 e. The number of nitrogens with one attached hydrogen (secondary N) is 1. The SMILES string of the molecule is COCCC(=O)N1CCC(NS(=O)(=O)c2cccs2)CC1. The van der Waals surface area contributed by atoms with E-state index in [1.165, 1.54) is 11.3 Å². The molecule has 2 heterocycles. The number of carbonyl (C=O) groups is 1. The molecule has 0 saturated carbocycles. The van der Waals surface area contributed by atoms with E-state index in [1.807, 2.05) is 0 Å². The Labute approximate surface area is 129 Å². The van der Waals surface area contributed by atoms with Crippen LogP contribution >= 0.6 is 11.3 Å². The van der Waals surface area contributed by atoms with Crippen LogP contribution in [-0.4, -0.2) is 52.1 Å². The lowest BCUT2D eigenvalue weighted by molar-refractivity contribution is -0.133. The summed E-state index contributed by atoms with van der Waals surface area (Å²) in [7, 11) is -1.86. The number of rotatable bonds is 6. The van der Waals surface area contributed by atoms with Crippen molar-refractivity contribution in [1.82, 2.24) is 9.62 Å². The number of hydrogen-bond acceptors (Lipinski definition) is 5. The lowest BCUT2D eigenvalue weighted by Crippen LogP contribution is -2.46. The smallest absolute Gasteiger partial charge is 0.250 e. The Bertz CT molecular complexity index is 549. The zero-order chi connectivity index (χ0) is 15.3. The van der Waals surface area contributed by atoms with E-state index in [2.05, 4.69) is 4.72 Å². The fraction of sp³-hybridized carbons (Fsp3) is 0.615. The number of likely N-dealkylation sites (tertiary alicyclic amines) is 1. The maximum atomic E-state index is 12.1. The van der Waals surface area contributed by atoms with Crippen LogP contribution in [0.15, 0.2) is 21.7 Å². The summed E-state index contributed by atoms with van der Waals surface area (Å²) in [5.74, 6) is 0.0661. The van der Waals surface area contributed by atoms with E-state index in [0.29, 0.717) is 43.2 Å². The molecule has 0 radical (unpaired) electrons. The topological polar surface area (TPSA) is 75.7 Å². The minimum absolute atomic E-state index is 0.0661. The molecule has 0 spiro atoms. The summed E-state index contributed by atoms with van der Waals surface area (Å²) in [4.78, 5) is 13.6. The van der Waals surface area contributed by atoms with E-state index in [-0.39, 0.29) is 11.9 Å². The number of ether oxygens (including phenoxy) is 1. The summed E-state index contributed by atoms with van der Waals surface area (Å²) in [5.41, 5.74) is 0. The number of hydrogen-bond donors (Lipinski definition) is 1. The van der Waals surface area contributed by atoms with Crippen LogP contribution < -0.4 is 4.72 Å². The van der Waals surface area contributed by atoms with E-state index in [4.69, 9.17) is 4.74 Å². The Kier molecular flexibility index (Phi) is 5.74. The molecule has 1 N–H and O–H groups in total. The molecule has 0 aromatic carbocycles. The molecule has 118 valence electrons. The third kappa shape index (κ3) is 4.50. The Morgan fingerprint density at radius 2 is 2.19 bits per heavy atom. The first kappa shape index (κ1) is 16.4. The second-order valence-electron chi connectivity index (χ2n) is 4.95. The van der Waals surface area contributed by atoms with Crippen LogP contribution in [0, 0.1) is 0 Å². The number of carbonyl (C=O) groups excluding carboxylic acids is 1. The molecule has 2 rings (SSSR count). The van der Waals surface area contributed by atoms with Gasteiger partial charge >= 0.3 is 0 Å². The first-order valence-electron chi connectivity index (χ1n) is 6.85. The van der Waals surface area contributed by atoms with Crippen LogP contribution in [0.1, 0.15) is 19.3 Å². The van der Waals surface area contributed by atoms with Gasteiger partial charge < -0.3 is 9.64 Å². The van der Waals surface area contributed by atoms with Crippen molar-refractivity contribution >= 4 is 27.3 Å². The highest BCUT2D eigenvalue weighted by atomic mass is 32.2. The van der Waals surface area contributed by atoms with Gasteiger partial charge in [-0.3, -0.25) is 4.79 Å². The number of thiophene rings is 1. The fourth-order valence-electron chi connectivity index (χ4n) is 2.29. The van der Waals surface area contributed by atoms with Crippen molar-refractivity contribution < 1.29 is 17.9 Å². The van der Waals surface area contributed by atoms with E-state index < -0.39 is 10.0 Å². The molecular formula is C13H20N2O4S2. The second-order valence-corrected chi connectivity index (χ2v) is 7.84. The number of piperidine rings is 1. The molecule has 21 heavy (non-hydrogen) atoms. The monoisotopic (exact) mass is 332 g/mol. The molecule has 8 heteroatoms. The summed E-state index contributed by atoms with van der Waals surface area (Å²) in [6.45, 7) is 1.59. The van der Waals surface area contributed by atoms with Crippen LogP contribution in [-0.2, 0) is 19.6 Å². The van der Waals surface area contributed by atoms with Crippen molar-refractivity contribution in [2.75, 3.05) is 26.8 Å². The highest BCUT2D eigenvalue weighted by Gasteiger charge is 2.26. The van der Waals surface area contributed by atoms with Gasteiger partial charge in [0.05, 0.1) is 13.0 Å². The van der Waals surface area contributed by atoms with Crippen molar-refractivity contribution in [1.29, 1.82) is 0 Å². The van der Waals surface area contributed by atoms with Gasteiger partial charge in [-0.15, -0.1) is 11.3 Å². The molecule has 1 aliphatic rings. The van der Waals surface area contributed by atoms with Gasteiger partial charge in [-0.2, -0.15) is 0 Å². The quantitative estimate of drug-likeness (QED) is 0.845. The van der Waals surface area contributed by atoms with Crippen molar-refractivity contribution in [3.05, 3.63) is 17.5 Å². The third-order valence-electron chi connectivity index (χ3n) is 3.45. The molecule has 1 aromatic heterocycles. The van der Waals surface area contributed by atoms with Gasteiger partial charge in [-0.05, 0) is 24.3 Å². The fourth-order valence-corrected chi connectivity index (χ4v) is 4.60. The molecule has 0 atom stereocenters. The van der Waals surface area contributed by atoms with E-state index >= 15 is 0 Å². The lowest BCUT2D eigenvalue weighted by Gasteiger charge is -2.32. The number of nitrogens with zero attached hydrogens (tertiary/aromatic N) is 1. The minimum atomic E-state index is -3.42. The molecule has 1 amide bonds. The number of methoxy groups -OCH3 is 1. The highest BCUT2D eigenvalue weighted by Crippen LogP contribution is 2.19. The summed E-state index contributed by atoms with van der Waals surface area (Å²) >= 11 is 1.20. The van der Waals surface area contributed by atoms with Gasteiger partial charge in [0.15, 0.2) is 0 Å². The van der Waals surface area contributed by atoms with E-state index in [9.17, 15) is 13.2 Å². The molecule has 6 nitrogen and oxygen atoms in total. The lowest BCUT2D eigenvalue weighted by atomic mass is 10.1. The van der Waals surface area contributed by atoms with Crippen molar-refractivity contribution in [3.8, 4) is 0 Å². The van der Waals surface area contributed by atoms with E-state index in [1.54, 1.807) is 29.5 Å². The summed E-state index contributed by atoms with van der Waals surface area (Å²) in [6.07, 6.45) is 1.66. The first-order chi connectivity index (χ1) is 10.0. The molecule has 0 aliphatic carbocycles. The summed E-state index contributed by atoms with van der Waals surface area (Å²) in [5, 5.41) is 1.74. The molecule has 1 aliphatic heterocycles. The Hall–Kier alpha value is -0.960. The van der Waals surface area contributed by atoms with Gasteiger partial charge in [0.1, 0.15) is 4.21 Å². The van der Waals surface area contributed by atoms with Gasteiger partial charge in [-0.1, -0.05) is 6.07 Å². The highest BCUT2D eigenvalue weighted by molar-refractivity contribution is 7.91. The summed E-state index contributed by atoms with van der Waals surface area (Å²) < 4.78 is 32.2. The van der Waals surface area contributed by atoms with Crippen LogP contribution in [0.4, 0.5) is 0 Å². The minimum Gasteiger partial charge on any atom is -0.384 e. The summed E-state index contributed by atoms with van der Waals surface area (Å²) in [6, 6.07) is 3.20. The van der Waals surface area contributed by atoms with Gasteiger partial charge in [0.2, 0.25) is 15.9 Å². The molecule has 0 unspecified atom stereocenters. The Morgan fingerprint density at radius 3 is 2.76 bits per heavy atom. The maximum absolute atomic E-state index is 12.1. The normalized spacial score (nSPS) is 17.1. The van der Waals surface area contributed by atoms with Gasteiger partial charge in [-0.25, -0.2) is 13.1 Å². The largest absolute Gasteiger partial charge is 0.384 e. The Morgan fingerprint density at radius 1 is 1.48 bits per heavy atom. The molecular weight excluding hydrogens is 312 g/mol. The van der Waals surface area contributed by atoms with Crippen LogP contribution in [0.5, 0.6) is 0 Å². The third-order valence-corrected chi connectivity index (χ3v) is 6.37. The van der Waals surface area contributed by atoms with Crippen LogP contribution in [0.3, 0.4) is 0 Å². The Balaban J connectivity index is 1.83. The van der Waals surface area contributed by atoms with Gasteiger partial charge in [0, 0.05) is 26.2 Å². The number of sulfonamides is 1. The second kappa shape index (κ2) is 7.35. The average Bonchev–Trinajstić information content (AvgIpc) is 3.00. The van der Waals surface area contributed by atoms with Crippen LogP contribution in [0.25, 0.3) is 0 Å². The molecule has 1 fully saturated rings. The van der Waals surface area contributed by atoms with Crippen molar-refractivity contribution in [3.63, 3.8) is 0 Å². The van der Waals surface area contributed by atoms with Crippen molar-refractivity contribution in [2.45, 2.75) is 29.5 Å². The molecule has 1 aromatic rings. The van der Waals surface area contributed by atoms with E-state index in [0.717, 1.165) is 0 Å². The molecule has 1 saturated heterocycles. The average molecular weight is 332 g/mol. The first-order valence-corrected chi connectivity index (χ1v) is 9.22. The standard InChI is InChI=1S/C13H20N2O4S2/c1-19-9-6-12(16)15-7-4-11(5-8-15)14-21(17,18)13-3-2-10-20-13/h2-3,10-11,14H,4-9H2,1H3. The predicted octanol–water partition coefficient (Wildman–Crippen LogP) is 1.05.